The third-order valence-electron chi connectivity index (χ3n) is 2.99. The SMILES string of the molecule is CCC(C)Oc1cccc(Nc2ncc(C)cc2Br)c1. The largest absolute Gasteiger partial charge is 0.491 e. The maximum absolute atomic E-state index is 5.82. The molecule has 0 bridgehead atoms. The molecule has 0 fully saturated rings. The van der Waals surface area contributed by atoms with E-state index in [1.807, 2.05) is 43.5 Å². The van der Waals surface area contributed by atoms with Crippen LogP contribution >= 0.6 is 15.9 Å². The van der Waals surface area contributed by atoms with Crippen molar-refractivity contribution in [2.45, 2.75) is 33.3 Å². The van der Waals surface area contributed by atoms with Crippen LogP contribution in [0.1, 0.15) is 25.8 Å². The third kappa shape index (κ3) is 3.97. The number of aromatic nitrogens is 1. The molecule has 1 N–H and O–H groups in total. The van der Waals surface area contributed by atoms with Gasteiger partial charge in [-0.3, -0.25) is 0 Å². The molecule has 1 heterocycles. The number of pyridine rings is 1. The van der Waals surface area contributed by atoms with E-state index in [2.05, 4.69) is 40.1 Å². The quantitative estimate of drug-likeness (QED) is 0.828. The molecule has 2 rings (SSSR count). The molecule has 4 heteroatoms. The fourth-order valence-corrected chi connectivity index (χ4v) is 2.29. The second-order valence-electron chi connectivity index (χ2n) is 4.83. The van der Waals surface area contributed by atoms with E-state index in [1.54, 1.807) is 0 Å². The minimum atomic E-state index is 0.217. The lowest BCUT2D eigenvalue weighted by molar-refractivity contribution is 0.217. The van der Waals surface area contributed by atoms with E-state index in [9.17, 15) is 0 Å². The molecular formula is C16H19BrN2O. The van der Waals surface area contributed by atoms with E-state index >= 15 is 0 Å². The van der Waals surface area contributed by atoms with Crippen LogP contribution in [0.5, 0.6) is 5.75 Å². The summed E-state index contributed by atoms with van der Waals surface area (Å²) in [6, 6.07) is 9.96. The molecule has 1 aromatic carbocycles. The predicted molar refractivity (Wildman–Crippen MR) is 86.8 cm³/mol. The van der Waals surface area contributed by atoms with Gasteiger partial charge in [0, 0.05) is 18.0 Å². The lowest BCUT2D eigenvalue weighted by atomic mass is 10.2. The molecule has 106 valence electrons. The highest BCUT2D eigenvalue weighted by Crippen LogP contribution is 2.26. The number of ether oxygens (including phenoxy) is 1. The summed E-state index contributed by atoms with van der Waals surface area (Å²) in [5.74, 6) is 1.67. The maximum atomic E-state index is 5.82. The Kier molecular flexibility index (Phi) is 5.01. The number of benzene rings is 1. The van der Waals surface area contributed by atoms with Crippen molar-refractivity contribution in [2.24, 2.45) is 0 Å². The van der Waals surface area contributed by atoms with Crippen LogP contribution in [0.15, 0.2) is 41.0 Å². The van der Waals surface area contributed by atoms with Crippen LogP contribution in [-0.4, -0.2) is 11.1 Å². The van der Waals surface area contributed by atoms with Crippen LogP contribution in [0.2, 0.25) is 0 Å². The molecule has 0 aliphatic heterocycles. The Hall–Kier alpha value is -1.55. The van der Waals surface area contributed by atoms with Crippen LogP contribution in [0.25, 0.3) is 0 Å². The van der Waals surface area contributed by atoms with Crippen molar-refractivity contribution in [1.29, 1.82) is 0 Å². The summed E-state index contributed by atoms with van der Waals surface area (Å²) in [4.78, 5) is 4.38. The molecule has 0 aliphatic carbocycles. The van der Waals surface area contributed by atoms with E-state index in [0.29, 0.717) is 0 Å². The minimum Gasteiger partial charge on any atom is -0.491 e. The Bertz CT molecular complexity index is 586. The number of anilines is 2. The smallest absolute Gasteiger partial charge is 0.144 e. The summed E-state index contributed by atoms with van der Waals surface area (Å²) in [5.41, 5.74) is 2.08. The molecule has 2 aromatic rings. The monoisotopic (exact) mass is 334 g/mol. The Morgan fingerprint density at radius 2 is 2.15 bits per heavy atom. The van der Waals surface area contributed by atoms with Crippen LogP contribution in [0, 0.1) is 6.92 Å². The highest BCUT2D eigenvalue weighted by Gasteiger charge is 2.05. The fourth-order valence-electron chi connectivity index (χ4n) is 1.73. The van der Waals surface area contributed by atoms with Gasteiger partial charge in [-0.1, -0.05) is 13.0 Å². The maximum Gasteiger partial charge on any atom is 0.144 e. The molecule has 3 nitrogen and oxygen atoms in total. The second-order valence-corrected chi connectivity index (χ2v) is 5.69. The van der Waals surface area contributed by atoms with Gasteiger partial charge in [-0.15, -0.1) is 0 Å². The van der Waals surface area contributed by atoms with Gasteiger partial charge in [0.2, 0.25) is 0 Å². The van der Waals surface area contributed by atoms with Gasteiger partial charge in [-0.05, 0) is 60.0 Å². The normalized spacial score (nSPS) is 12.0. The summed E-state index contributed by atoms with van der Waals surface area (Å²) in [6.45, 7) is 6.19. The van der Waals surface area contributed by atoms with Crippen LogP contribution < -0.4 is 10.1 Å². The van der Waals surface area contributed by atoms with Crippen LogP contribution in [0.3, 0.4) is 0 Å². The molecule has 1 aromatic heterocycles. The first kappa shape index (κ1) is 14.9. The highest BCUT2D eigenvalue weighted by molar-refractivity contribution is 9.10. The molecule has 0 spiro atoms. The number of hydrogen-bond donors (Lipinski definition) is 1. The average Bonchev–Trinajstić information content (AvgIpc) is 2.42. The number of hydrogen-bond acceptors (Lipinski definition) is 3. The number of nitrogens with zero attached hydrogens (tertiary/aromatic N) is 1. The number of halogens is 1. The summed E-state index contributed by atoms with van der Waals surface area (Å²) in [6.07, 6.45) is 3.05. The predicted octanol–water partition coefficient (Wildman–Crippen LogP) is 5.07. The van der Waals surface area contributed by atoms with E-state index in [1.165, 1.54) is 0 Å². The van der Waals surface area contributed by atoms with Gasteiger partial charge in [-0.2, -0.15) is 0 Å². The molecule has 0 aliphatic rings. The van der Waals surface area contributed by atoms with Gasteiger partial charge in [0.15, 0.2) is 0 Å². The zero-order chi connectivity index (χ0) is 14.5. The third-order valence-corrected chi connectivity index (χ3v) is 3.59. The van der Waals surface area contributed by atoms with Gasteiger partial charge < -0.3 is 10.1 Å². The van der Waals surface area contributed by atoms with Gasteiger partial charge in [-0.25, -0.2) is 4.98 Å². The number of rotatable bonds is 5. The van der Waals surface area contributed by atoms with Crippen molar-refractivity contribution in [1.82, 2.24) is 4.98 Å². The molecule has 0 saturated carbocycles. The fraction of sp³-hybridized carbons (Fsp3) is 0.312. The van der Waals surface area contributed by atoms with E-state index in [-0.39, 0.29) is 6.10 Å². The van der Waals surface area contributed by atoms with E-state index in [0.717, 1.165) is 33.7 Å². The van der Waals surface area contributed by atoms with Crippen molar-refractivity contribution in [3.63, 3.8) is 0 Å². The summed E-state index contributed by atoms with van der Waals surface area (Å²) in [5, 5.41) is 3.29. The first-order valence-corrected chi connectivity index (χ1v) is 7.53. The summed E-state index contributed by atoms with van der Waals surface area (Å²) < 4.78 is 6.77. The van der Waals surface area contributed by atoms with Gasteiger partial charge in [0.25, 0.3) is 0 Å². The van der Waals surface area contributed by atoms with Crippen molar-refractivity contribution in [3.8, 4) is 5.75 Å². The Morgan fingerprint density at radius 3 is 2.85 bits per heavy atom. The minimum absolute atomic E-state index is 0.217. The van der Waals surface area contributed by atoms with Crippen molar-refractivity contribution >= 4 is 27.4 Å². The highest BCUT2D eigenvalue weighted by atomic mass is 79.9. The Morgan fingerprint density at radius 1 is 1.35 bits per heavy atom. The van der Waals surface area contributed by atoms with Crippen LogP contribution in [0.4, 0.5) is 11.5 Å². The Balaban J connectivity index is 2.15. The summed E-state index contributed by atoms with van der Waals surface area (Å²) >= 11 is 3.52. The topological polar surface area (TPSA) is 34.1 Å². The molecule has 1 unspecified atom stereocenters. The number of nitrogens with one attached hydrogen (secondary N) is 1. The number of aryl methyl sites for hydroxylation is 1. The van der Waals surface area contributed by atoms with E-state index in [4.69, 9.17) is 4.74 Å². The molecular weight excluding hydrogens is 316 g/mol. The lowest BCUT2D eigenvalue weighted by Gasteiger charge is -2.14. The zero-order valence-electron chi connectivity index (χ0n) is 12.0. The van der Waals surface area contributed by atoms with E-state index < -0.39 is 0 Å². The first-order chi connectivity index (χ1) is 9.58. The molecule has 0 radical (unpaired) electrons. The lowest BCUT2D eigenvalue weighted by Crippen LogP contribution is -2.09. The van der Waals surface area contributed by atoms with Gasteiger partial charge in [0.1, 0.15) is 11.6 Å². The molecule has 0 saturated heterocycles. The second kappa shape index (κ2) is 6.75. The zero-order valence-corrected chi connectivity index (χ0v) is 13.6. The Labute approximate surface area is 128 Å². The van der Waals surface area contributed by atoms with Crippen LogP contribution in [-0.2, 0) is 0 Å². The first-order valence-electron chi connectivity index (χ1n) is 6.74. The average molecular weight is 335 g/mol. The van der Waals surface area contributed by atoms with Crippen molar-refractivity contribution in [2.75, 3.05) is 5.32 Å². The van der Waals surface area contributed by atoms with Crippen molar-refractivity contribution < 1.29 is 4.74 Å². The standard InChI is InChI=1S/C16H19BrN2O/c1-4-12(3)20-14-7-5-6-13(9-14)19-16-15(17)8-11(2)10-18-16/h5-10,12H,4H2,1-3H3,(H,18,19). The molecule has 20 heavy (non-hydrogen) atoms. The summed E-state index contributed by atoms with van der Waals surface area (Å²) in [7, 11) is 0. The van der Waals surface area contributed by atoms with Gasteiger partial charge in [0.05, 0.1) is 10.6 Å². The van der Waals surface area contributed by atoms with Crippen molar-refractivity contribution in [3.05, 3.63) is 46.6 Å². The molecule has 0 amide bonds. The van der Waals surface area contributed by atoms with Gasteiger partial charge >= 0.3 is 0 Å². The molecule has 1 atom stereocenters.